The van der Waals surface area contributed by atoms with Crippen LogP contribution in [0, 0.1) is 0 Å². The summed E-state index contributed by atoms with van der Waals surface area (Å²) in [7, 11) is -1.66. The molecule has 5 nitrogen and oxygen atoms in total. The number of nitrogens with one attached hydrogen (secondary N) is 1. The number of ether oxygens (including phenoxy) is 1. The molecule has 0 aromatic heterocycles. The largest absolute Gasteiger partial charge is 0.373 e. The fourth-order valence-electron chi connectivity index (χ4n) is 2.56. The lowest BCUT2D eigenvalue weighted by molar-refractivity contribution is -0.0441. The Morgan fingerprint density at radius 2 is 1.85 bits per heavy atom. The van der Waals surface area contributed by atoms with Crippen molar-refractivity contribution in [1.29, 1.82) is 0 Å². The predicted octanol–water partition coefficient (Wildman–Crippen LogP) is 1.20. The molecule has 112 valence electrons. The molecule has 1 N–H and O–H groups in total. The van der Waals surface area contributed by atoms with E-state index in [1.807, 2.05) is 33.0 Å². The number of hydrogen-bond acceptors (Lipinski definition) is 4. The minimum atomic E-state index is -3.47. The molecule has 2 rings (SSSR count). The molecule has 0 aliphatic carbocycles. The van der Waals surface area contributed by atoms with Gasteiger partial charge in [-0.15, -0.1) is 0 Å². The summed E-state index contributed by atoms with van der Waals surface area (Å²) in [4.78, 5) is 0.385. The average molecular weight is 298 g/mol. The molecule has 0 saturated carbocycles. The molecule has 0 bridgehead atoms. The molecule has 1 aromatic carbocycles. The molecular weight excluding hydrogens is 276 g/mol. The molecule has 0 radical (unpaired) electrons. The van der Waals surface area contributed by atoms with Gasteiger partial charge in [-0.2, -0.15) is 4.31 Å². The molecule has 20 heavy (non-hydrogen) atoms. The maximum absolute atomic E-state index is 12.8. The molecule has 1 aliphatic heterocycles. The van der Waals surface area contributed by atoms with Crippen LogP contribution in [0.3, 0.4) is 0 Å². The van der Waals surface area contributed by atoms with E-state index in [0.29, 0.717) is 24.5 Å². The van der Waals surface area contributed by atoms with Gasteiger partial charge in [-0.25, -0.2) is 8.42 Å². The number of morpholine rings is 1. The minimum Gasteiger partial charge on any atom is -0.373 e. The van der Waals surface area contributed by atoms with Crippen molar-refractivity contribution >= 4 is 10.0 Å². The number of benzene rings is 1. The number of rotatable bonds is 4. The van der Waals surface area contributed by atoms with Crippen LogP contribution in [-0.4, -0.2) is 45.1 Å². The van der Waals surface area contributed by atoms with Crippen molar-refractivity contribution in [2.45, 2.75) is 37.5 Å². The van der Waals surface area contributed by atoms with Crippen LogP contribution >= 0.6 is 0 Å². The van der Waals surface area contributed by atoms with Crippen molar-refractivity contribution in [2.24, 2.45) is 0 Å². The second-order valence-corrected chi connectivity index (χ2v) is 7.12. The first-order chi connectivity index (χ1) is 9.45. The normalized spacial score (nSPS) is 24.8. The summed E-state index contributed by atoms with van der Waals surface area (Å²) in [6.45, 7) is 5.14. The van der Waals surface area contributed by atoms with Gasteiger partial charge in [0.2, 0.25) is 10.0 Å². The van der Waals surface area contributed by atoms with E-state index in [1.54, 1.807) is 12.1 Å². The smallest absolute Gasteiger partial charge is 0.243 e. The topological polar surface area (TPSA) is 58.6 Å². The molecule has 2 unspecified atom stereocenters. The second kappa shape index (κ2) is 6.22. The van der Waals surface area contributed by atoms with Crippen molar-refractivity contribution in [1.82, 2.24) is 9.62 Å². The highest BCUT2D eigenvalue weighted by molar-refractivity contribution is 7.89. The van der Waals surface area contributed by atoms with Crippen LogP contribution in [0.15, 0.2) is 29.2 Å². The zero-order valence-electron chi connectivity index (χ0n) is 12.2. The van der Waals surface area contributed by atoms with E-state index in [4.69, 9.17) is 4.74 Å². The predicted molar refractivity (Wildman–Crippen MR) is 78.0 cm³/mol. The lowest BCUT2D eigenvalue weighted by Crippen LogP contribution is -2.48. The van der Waals surface area contributed by atoms with Gasteiger partial charge in [0.05, 0.1) is 17.1 Å². The van der Waals surface area contributed by atoms with Crippen molar-refractivity contribution in [3.63, 3.8) is 0 Å². The maximum atomic E-state index is 12.8. The van der Waals surface area contributed by atoms with Crippen LogP contribution in [0.1, 0.15) is 19.4 Å². The number of sulfonamides is 1. The average Bonchev–Trinajstić information content (AvgIpc) is 2.38. The van der Waals surface area contributed by atoms with Crippen LogP contribution in [0.25, 0.3) is 0 Å². The molecule has 1 aliphatic rings. The highest BCUT2D eigenvalue weighted by Gasteiger charge is 2.33. The first-order valence-corrected chi connectivity index (χ1v) is 8.27. The van der Waals surface area contributed by atoms with Crippen LogP contribution in [0.2, 0.25) is 0 Å². The van der Waals surface area contributed by atoms with Gasteiger partial charge in [0.25, 0.3) is 0 Å². The first kappa shape index (κ1) is 15.4. The van der Waals surface area contributed by atoms with Crippen molar-refractivity contribution in [2.75, 3.05) is 20.1 Å². The van der Waals surface area contributed by atoms with E-state index in [9.17, 15) is 8.42 Å². The molecule has 1 heterocycles. The van der Waals surface area contributed by atoms with E-state index in [0.717, 1.165) is 5.56 Å². The summed E-state index contributed by atoms with van der Waals surface area (Å²) in [6.07, 6.45) is -0.157. The zero-order valence-corrected chi connectivity index (χ0v) is 13.0. The van der Waals surface area contributed by atoms with Crippen molar-refractivity contribution < 1.29 is 13.2 Å². The van der Waals surface area contributed by atoms with E-state index >= 15 is 0 Å². The lowest BCUT2D eigenvalue weighted by atomic mass is 10.2. The Labute approximate surface area is 121 Å². The molecule has 1 aromatic rings. The lowest BCUT2D eigenvalue weighted by Gasteiger charge is -2.34. The minimum absolute atomic E-state index is 0.0787. The standard InChI is InChI=1S/C14H22N2O3S/c1-11-9-16(10-12(2)19-11)20(17,18)14-7-5-4-6-13(14)8-15-3/h4-7,11-12,15H,8-10H2,1-3H3. The Bertz CT molecular complexity index is 549. The summed E-state index contributed by atoms with van der Waals surface area (Å²) >= 11 is 0. The van der Waals surface area contributed by atoms with Crippen molar-refractivity contribution in [3.05, 3.63) is 29.8 Å². The van der Waals surface area contributed by atoms with E-state index < -0.39 is 10.0 Å². The Balaban J connectivity index is 2.35. The summed E-state index contributed by atoms with van der Waals surface area (Å²) in [6, 6.07) is 7.14. The molecule has 1 saturated heterocycles. The Morgan fingerprint density at radius 1 is 1.25 bits per heavy atom. The van der Waals surface area contributed by atoms with E-state index in [2.05, 4.69) is 5.32 Å². The zero-order chi connectivity index (χ0) is 14.8. The van der Waals surface area contributed by atoms with E-state index in [-0.39, 0.29) is 12.2 Å². The summed E-state index contributed by atoms with van der Waals surface area (Å²) in [5.74, 6) is 0. The fourth-order valence-corrected chi connectivity index (χ4v) is 4.37. The highest BCUT2D eigenvalue weighted by atomic mass is 32.2. The van der Waals surface area contributed by atoms with Crippen LogP contribution in [0.5, 0.6) is 0 Å². The fraction of sp³-hybridized carbons (Fsp3) is 0.571. The van der Waals surface area contributed by atoms with Crippen LogP contribution in [0.4, 0.5) is 0 Å². The monoisotopic (exact) mass is 298 g/mol. The quantitative estimate of drug-likeness (QED) is 0.907. The Hall–Kier alpha value is -0.950. The third-order valence-corrected chi connectivity index (χ3v) is 5.28. The highest BCUT2D eigenvalue weighted by Crippen LogP contribution is 2.23. The van der Waals surface area contributed by atoms with Crippen LogP contribution < -0.4 is 5.32 Å². The molecular formula is C14H22N2O3S. The Kier molecular flexibility index (Phi) is 4.80. The van der Waals surface area contributed by atoms with Gasteiger partial charge in [-0.3, -0.25) is 0 Å². The molecule has 1 fully saturated rings. The van der Waals surface area contributed by atoms with Crippen LogP contribution in [-0.2, 0) is 21.3 Å². The summed E-state index contributed by atoms with van der Waals surface area (Å²) < 4.78 is 32.8. The summed E-state index contributed by atoms with van der Waals surface area (Å²) in [5.41, 5.74) is 0.793. The first-order valence-electron chi connectivity index (χ1n) is 6.83. The van der Waals surface area contributed by atoms with Gasteiger partial charge in [0.15, 0.2) is 0 Å². The number of hydrogen-bond donors (Lipinski definition) is 1. The van der Waals surface area contributed by atoms with Gasteiger partial charge >= 0.3 is 0 Å². The van der Waals surface area contributed by atoms with Gasteiger partial charge in [0, 0.05) is 19.6 Å². The molecule has 2 atom stereocenters. The SMILES string of the molecule is CNCc1ccccc1S(=O)(=O)N1CC(C)OC(C)C1. The molecule has 0 amide bonds. The molecule has 6 heteroatoms. The summed E-state index contributed by atoms with van der Waals surface area (Å²) in [5, 5.41) is 3.01. The van der Waals surface area contributed by atoms with Gasteiger partial charge in [-0.1, -0.05) is 18.2 Å². The number of nitrogens with zero attached hydrogens (tertiary/aromatic N) is 1. The third-order valence-electron chi connectivity index (χ3n) is 3.34. The van der Waals surface area contributed by atoms with Gasteiger partial charge in [0.1, 0.15) is 0 Å². The third kappa shape index (κ3) is 3.20. The molecule has 0 spiro atoms. The second-order valence-electron chi connectivity index (χ2n) is 5.22. The van der Waals surface area contributed by atoms with Crippen molar-refractivity contribution in [3.8, 4) is 0 Å². The maximum Gasteiger partial charge on any atom is 0.243 e. The van der Waals surface area contributed by atoms with Gasteiger partial charge < -0.3 is 10.1 Å². The van der Waals surface area contributed by atoms with Gasteiger partial charge in [-0.05, 0) is 32.5 Å². The Morgan fingerprint density at radius 3 is 2.45 bits per heavy atom. The van der Waals surface area contributed by atoms with E-state index in [1.165, 1.54) is 4.31 Å².